The minimum atomic E-state index is -0.952. The van der Waals surface area contributed by atoms with Crippen molar-refractivity contribution in [3.8, 4) is 0 Å². The molecule has 0 amide bonds. The van der Waals surface area contributed by atoms with E-state index in [-0.39, 0.29) is 5.56 Å². The van der Waals surface area contributed by atoms with E-state index in [9.17, 15) is 4.79 Å². The number of carboxylic acid groups (broad SMARTS) is 1. The maximum absolute atomic E-state index is 10.7. The van der Waals surface area contributed by atoms with Crippen molar-refractivity contribution in [2.75, 3.05) is 11.9 Å². The number of nitrogens with one attached hydrogen (secondary N) is 1. The Morgan fingerprint density at radius 3 is 3.08 bits per heavy atom. The van der Waals surface area contributed by atoms with Crippen LogP contribution in [0.4, 0.5) is 5.69 Å². The van der Waals surface area contributed by atoms with Crippen molar-refractivity contribution in [1.82, 2.24) is 4.98 Å². The third kappa shape index (κ3) is 2.43. The van der Waals surface area contributed by atoms with Crippen LogP contribution in [0.25, 0.3) is 0 Å². The van der Waals surface area contributed by atoms with Crippen molar-refractivity contribution in [2.24, 2.45) is 0 Å². The van der Waals surface area contributed by atoms with Gasteiger partial charge >= 0.3 is 5.97 Å². The van der Waals surface area contributed by atoms with Crippen LogP contribution in [0, 0.1) is 0 Å². The summed E-state index contributed by atoms with van der Waals surface area (Å²) in [5.41, 5.74) is 0.848. The van der Waals surface area contributed by atoms with Crippen molar-refractivity contribution in [2.45, 2.75) is 13.3 Å². The van der Waals surface area contributed by atoms with Gasteiger partial charge in [0.25, 0.3) is 0 Å². The molecule has 0 aromatic carbocycles. The first-order chi connectivity index (χ1) is 6.25. The first kappa shape index (κ1) is 9.51. The lowest BCUT2D eigenvalue weighted by atomic mass is 10.2. The molecule has 0 aliphatic rings. The molecule has 0 aliphatic carbocycles. The molecule has 0 radical (unpaired) electrons. The molecular formula is C9H12N2O2. The highest BCUT2D eigenvalue weighted by atomic mass is 16.4. The summed E-state index contributed by atoms with van der Waals surface area (Å²) in [5, 5.41) is 11.8. The van der Waals surface area contributed by atoms with Crippen molar-refractivity contribution in [1.29, 1.82) is 0 Å². The van der Waals surface area contributed by atoms with Gasteiger partial charge in [0.2, 0.25) is 0 Å². The molecule has 0 atom stereocenters. The second-order valence-corrected chi connectivity index (χ2v) is 2.65. The molecule has 0 saturated carbocycles. The summed E-state index contributed by atoms with van der Waals surface area (Å²) in [6.07, 6.45) is 3.88. The largest absolute Gasteiger partial charge is 0.478 e. The lowest BCUT2D eigenvalue weighted by molar-refractivity contribution is 0.0697. The van der Waals surface area contributed by atoms with Gasteiger partial charge in [-0.25, -0.2) is 4.79 Å². The van der Waals surface area contributed by atoms with Crippen LogP contribution in [0.3, 0.4) is 0 Å². The van der Waals surface area contributed by atoms with Crippen LogP contribution in [-0.2, 0) is 0 Å². The number of aromatic carboxylic acids is 1. The molecule has 1 aromatic rings. The first-order valence-electron chi connectivity index (χ1n) is 4.17. The lowest BCUT2D eigenvalue weighted by Crippen LogP contribution is -2.07. The number of carboxylic acids is 1. The molecule has 4 heteroatoms. The van der Waals surface area contributed by atoms with Gasteiger partial charge < -0.3 is 10.4 Å². The van der Waals surface area contributed by atoms with Gasteiger partial charge in [-0.05, 0) is 12.5 Å². The smallest absolute Gasteiger partial charge is 0.339 e. The van der Waals surface area contributed by atoms with Gasteiger partial charge in [0.15, 0.2) is 0 Å². The zero-order valence-electron chi connectivity index (χ0n) is 7.45. The maximum atomic E-state index is 10.7. The fourth-order valence-corrected chi connectivity index (χ4v) is 0.979. The fraction of sp³-hybridized carbons (Fsp3) is 0.333. The Kier molecular flexibility index (Phi) is 3.25. The Labute approximate surface area is 76.6 Å². The molecule has 0 aliphatic heterocycles. The number of rotatable bonds is 4. The van der Waals surface area contributed by atoms with Gasteiger partial charge in [0, 0.05) is 18.9 Å². The Bertz CT molecular complexity index is 299. The predicted octanol–water partition coefficient (Wildman–Crippen LogP) is 1.60. The highest BCUT2D eigenvalue weighted by molar-refractivity contribution is 5.93. The molecule has 70 valence electrons. The number of carbonyl (C=O) groups is 1. The SMILES string of the molecule is CCCNc1ccncc1C(=O)O. The standard InChI is InChI=1S/C9H12N2O2/c1-2-4-11-8-3-5-10-6-7(8)9(12)13/h3,5-6H,2,4H2,1H3,(H,10,11)(H,12,13). The first-order valence-corrected chi connectivity index (χ1v) is 4.17. The van der Waals surface area contributed by atoms with Crippen LogP contribution in [0.15, 0.2) is 18.5 Å². The molecule has 2 N–H and O–H groups in total. The molecule has 0 unspecified atom stereocenters. The molecule has 1 rings (SSSR count). The van der Waals surface area contributed by atoms with Gasteiger partial charge in [-0.2, -0.15) is 0 Å². The molecule has 0 saturated heterocycles. The Morgan fingerprint density at radius 2 is 2.46 bits per heavy atom. The van der Waals surface area contributed by atoms with E-state index in [1.807, 2.05) is 6.92 Å². The van der Waals surface area contributed by atoms with E-state index in [0.29, 0.717) is 5.69 Å². The van der Waals surface area contributed by atoms with E-state index in [1.165, 1.54) is 6.20 Å². The Morgan fingerprint density at radius 1 is 1.69 bits per heavy atom. The third-order valence-electron chi connectivity index (χ3n) is 1.62. The molecule has 13 heavy (non-hydrogen) atoms. The van der Waals surface area contributed by atoms with Crippen LogP contribution in [0.5, 0.6) is 0 Å². The summed E-state index contributed by atoms with van der Waals surface area (Å²) in [7, 11) is 0. The van der Waals surface area contributed by atoms with Crippen molar-refractivity contribution in [3.63, 3.8) is 0 Å². The highest BCUT2D eigenvalue weighted by Gasteiger charge is 2.08. The molecular weight excluding hydrogens is 168 g/mol. The number of anilines is 1. The van der Waals surface area contributed by atoms with E-state index >= 15 is 0 Å². The van der Waals surface area contributed by atoms with E-state index in [0.717, 1.165) is 13.0 Å². The van der Waals surface area contributed by atoms with Gasteiger partial charge in [0.05, 0.1) is 5.69 Å². The number of aromatic nitrogens is 1. The third-order valence-corrected chi connectivity index (χ3v) is 1.62. The lowest BCUT2D eigenvalue weighted by Gasteiger charge is -2.06. The van der Waals surface area contributed by atoms with Gasteiger partial charge in [0.1, 0.15) is 5.56 Å². The minimum absolute atomic E-state index is 0.218. The topological polar surface area (TPSA) is 62.2 Å². The fourth-order valence-electron chi connectivity index (χ4n) is 0.979. The van der Waals surface area contributed by atoms with Crippen LogP contribution in [0.2, 0.25) is 0 Å². The second-order valence-electron chi connectivity index (χ2n) is 2.65. The van der Waals surface area contributed by atoms with Crippen LogP contribution in [-0.4, -0.2) is 22.6 Å². The quantitative estimate of drug-likeness (QED) is 0.738. The summed E-state index contributed by atoms with van der Waals surface area (Å²) in [5.74, 6) is -0.952. The number of nitrogens with zero attached hydrogens (tertiary/aromatic N) is 1. The molecule has 0 fully saturated rings. The normalized spacial score (nSPS) is 9.62. The van der Waals surface area contributed by atoms with E-state index < -0.39 is 5.97 Å². The predicted molar refractivity (Wildman–Crippen MR) is 50.0 cm³/mol. The number of hydrogen-bond acceptors (Lipinski definition) is 3. The molecule has 4 nitrogen and oxygen atoms in total. The zero-order chi connectivity index (χ0) is 9.68. The average Bonchev–Trinajstić information content (AvgIpc) is 2.15. The van der Waals surface area contributed by atoms with E-state index in [1.54, 1.807) is 12.3 Å². The highest BCUT2D eigenvalue weighted by Crippen LogP contribution is 2.12. The number of hydrogen-bond donors (Lipinski definition) is 2. The summed E-state index contributed by atoms with van der Waals surface area (Å²) < 4.78 is 0. The van der Waals surface area contributed by atoms with Crippen molar-refractivity contribution >= 4 is 11.7 Å². The summed E-state index contributed by atoms with van der Waals surface area (Å²) in [6, 6.07) is 1.67. The van der Waals surface area contributed by atoms with Crippen LogP contribution in [0.1, 0.15) is 23.7 Å². The van der Waals surface area contributed by atoms with Crippen molar-refractivity contribution < 1.29 is 9.90 Å². The monoisotopic (exact) mass is 180 g/mol. The van der Waals surface area contributed by atoms with Crippen LogP contribution >= 0.6 is 0 Å². The second kappa shape index (κ2) is 4.45. The zero-order valence-corrected chi connectivity index (χ0v) is 7.45. The molecule has 1 aromatic heterocycles. The number of pyridine rings is 1. The van der Waals surface area contributed by atoms with Gasteiger partial charge in [-0.1, -0.05) is 6.92 Å². The van der Waals surface area contributed by atoms with Crippen molar-refractivity contribution in [3.05, 3.63) is 24.0 Å². The Balaban J connectivity index is 2.84. The molecule has 1 heterocycles. The average molecular weight is 180 g/mol. The van der Waals surface area contributed by atoms with E-state index in [2.05, 4.69) is 10.3 Å². The minimum Gasteiger partial charge on any atom is -0.478 e. The molecule has 0 spiro atoms. The molecule has 0 bridgehead atoms. The summed E-state index contributed by atoms with van der Waals surface area (Å²) >= 11 is 0. The summed E-state index contributed by atoms with van der Waals surface area (Å²) in [4.78, 5) is 14.5. The van der Waals surface area contributed by atoms with Crippen LogP contribution < -0.4 is 5.32 Å². The van der Waals surface area contributed by atoms with Gasteiger partial charge in [-0.15, -0.1) is 0 Å². The van der Waals surface area contributed by atoms with Gasteiger partial charge in [-0.3, -0.25) is 4.98 Å². The Hall–Kier alpha value is -1.58. The van der Waals surface area contributed by atoms with E-state index in [4.69, 9.17) is 5.11 Å². The maximum Gasteiger partial charge on any atom is 0.339 e. The summed E-state index contributed by atoms with van der Waals surface area (Å²) in [6.45, 7) is 2.79.